The van der Waals surface area contributed by atoms with E-state index in [4.69, 9.17) is 4.74 Å². The smallest absolute Gasteiger partial charge is 0.410 e. The summed E-state index contributed by atoms with van der Waals surface area (Å²) in [5.74, 6) is -0.323. The van der Waals surface area contributed by atoms with Gasteiger partial charge in [-0.05, 0) is 71.2 Å². The highest BCUT2D eigenvalue weighted by molar-refractivity contribution is 9.10. The average Bonchev–Trinajstić information content (AvgIpc) is 2.99. The van der Waals surface area contributed by atoms with E-state index >= 15 is 0 Å². The number of ether oxygens (including phenoxy) is 1. The number of nitrogens with zero attached hydrogens (tertiary/aromatic N) is 3. The number of aromatic nitrogens is 1. The van der Waals surface area contributed by atoms with Gasteiger partial charge in [0.2, 0.25) is 0 Å². The molecule has 2 aliphatic rings. The maximum absolute atomic E-state index is 12.5. The molecule has 2 aromatic rings. The second kappa shape index (κ2) is 10.2. The van der Waals surface area contributed by atoms with Crippen molar-refractivity contribution in [2.45, 2.75) is 65.6 Å². The maximum atomic E-state index is 12.5. The first-order chi connectivity index (χ1) is 16.9. The lowest BCUT2D eigenvalue weighted by molar-refractivity contribution is -0.135. The summed E-state index contributed by atoms with van der Waals surface area (Å²) in [6.07, 6.45) is 1.37. The molecular formula is C26H32BrN5O4. The molecule has 1 aromatic heterocycles. The Bertz CT molecular complexity index is 1220. The number of nitrogens with one attached hydrogen (secondary N) is 2. The van der Waals surface area contributed by atoms with Crippen molar-refractivity contribution in [2.24, 2.45) is 0 Å². The number of pyridine rings is 1. The zero-order chi connectivity index (χ0) is 26.2. The van der Waals surface area contributed by atoms with Gasteiger partial charge in [-0.25, -0.2) is 9.78 Å². The number of halogens is 1. The van der Waals surface area contributed by atoms with Crippen LogP contribution >= 0.6 is 15.9 Å². The van der Waals surface area contributed by atoms with E-state index in [0.29, 0.717) is 36.6 Å². The van der Waals surface area contributed by atoms with Gasteiger partial charge in [-0.1, -0.05) is 22.0 Å². The van der Waals surface area contributed by atoms with Crippen molar-refractivity contribution in [1.29, 1.82) is 0 Å². The zero-order valence-corrected chi connectivity index (χ0v) is 22.9. The average molecular weight is 558 g/mol. The third kappa shape index (κ3) is 5.70. The lowest BCUT2D eigenvalue weighted by Gasteiger charge is -2.34. The predicted molar refractivity (Wildman–Crippen MR) is 141 cm³/mol. The van der Waals surface area contributed by atoms with Crippen LogP contribution in [-0.4, -0.2) is 57.5 Å². The molecule has 3 heterocycles. The van der Waals surface area contributed by atoms with Crippen LogP contribution in [0.15, 0.2) is 39.9 Å². The molecule has 0 spiro atoms. The molecule has 0 unspecified atom stereocenters. The van der Waals surface area contributed by atoms with Gasteiger partial charge in [0.05, 0.1) is 5.52 Å². The molecule has 0 radical (unpaired) electrons. The highest BCUT2D eigenvalue weighted by Gasteiger charge is 2.34. The topological polar surface area (TPSA) is 104 Å². The van der Waals surface area contributed by atoms with Gasteiger partial charge in [-0.15, -0.1) is 0 Å². The summed E-state index contributed by atoms with van der Waals surface area (Å²) in [7, 11) is 0. The Hall–Kier alpha value is -2.98. The summed E-state index contributed by atoms with van der Waals surface area (Å²) < 4.78 is 6.37. The van der Waals surface area contributed by atoms with E-state index < -0.39 is 5.60 Å². The lowest BCUT2D eigenvalue weighted by Crippen LogP contribution is -2.46. The molecule has 0 bridgehead atoms. The van der Waals surface area contributed by atoms with Gasteiger partial charge in [0, 0.05) is 46.7 Å². The minimum Gasteiger partial charge on any atom is -0.444 e. The Labute approximate surface area is 219 Å². The predicted octanol–water partition coefficient (Wildman–Crippen LogP) is 4.52. The normalized spacial score (nSPS) is 17.4. The number of hydrogen-bond acceptors (Lipinski definition) is 7. The van der Waals surface area contributed by atoms with E-state index in [1.807, 2.05) is 45.0 Å². The molecule has 2 N–H and O–H groups in total. The number of anilines is 1. The molecule has 3 amide bonds. The third-order valence-corrected chi connectivity index (χ3v) is 6.92. The summed E-state index contributed by atoms with van der Waals surface area (Å²) >= 11 is 3.50. The van der Waals surface area contributed by atoms with Crippen LogP contribution in [-0.2, 0) is 20.9 Å². The van der Waals surface area contributed by atoms with Crippen molar-refractivity contribution in [3.05, 3.63) is 45.4 Å². The molecular weight excluding hydrogens is 526 g/mol. The number of piperidine rings is 1. The van der Waals surface area contributed by atoms with Crippen LogP contribution in [0.1, 0.15) is 53.0 Å². The van der Waals surface area contributed by atoms with Crippen LogP contribution in [0.2, 0.25) is 0 Å². The first kappa shape index (κ1) is 26.1. The summed E-state index contributed by atoms with van der Waals surface area (Å²) in [5, 5.41) is 5.60. The first-order valence-electron chi connectivity index (χ1n) is 12.1. The molecule has 0 atom stereocenters. The van der Waals surface area contributed by atoms with E-state index in [9.17, 15) is 14.4 Å². The largest absolute Gasteiger partial charge is 0.444 e. The first-order valence-corrected chi connectivity index (χ1v) is 12.9. The fourth-order valence-corrected chi connectivity index (χ4v) is 4.64. The molecule has 1 saturated heterocycles. The Balaban J connectivity index is 1.46. The van der Waals surface area contributed by atoms with E-state index in [-0.39, 0.29) is 23.9 Å². The summed E-state index contributed by atoms with van der Waals surface area (Å²) in [4.78, 5) is 43.8. The SMILES string of the molecule is CC1=C(C)C(=O)N(Nc2cc(CNC3CCN(C(=O)OC(C)(C)C)CC3)c3ccc(Br)cc3n2)C1=O. The summed E-state index contributed by atoms with van der Waals surface area (Å²) in [5.41, 5.74) is 4.99. The molecule has 0 aliphatic carbocycles. The van der Waals surface area contributed by atoms with Crippen LogP contribution < -0.4 is 10.7 Å². The highest BCUT2D eigenvalue weighted by Crippen LogP contribution is 2.27. The summed E-state index contributed by atoms with van der Waals surface area (Å²) in [6, 6.07) is 7.98. The van der Waals surface area contributed by atoms with Crippen LogP contribution in [0.5, 0.6) is 0 Å². The second-order valence-electron chi connectivity index (χ2n) is 10.3. The van der Waals surface area contributed by atoms with Gasteiger partial charge >= 0.3 is 6.09 Å². The zero-order valence-electron chi connectivity index (χ0n) is 21.3. The van der Waals surface area contributed by atoms with E-state index in [2.05, 4.69) is 31.7 Å². The van der Waals surface area contributed by atoms with Crippen LogP contribution in [0.4, 0.5) is 10.6 Å². The fraction of sp³-hybridized carbons (Fsp3) is 0.462. The molecule has 4 rings (SSSR count). The fourth-order valence-electron chi connectivity index (χ4n) is 4.29. The van der Waals surface area contributed by atoms with Crippen molar-refractivity contribution >= 4 is 50.6 Å². The number of rotatable bonds is 5. The number of hydrogen-bond donors (Lipinski definition) is 2. The number of hydrazine groups is 1. The Morgan fingerprint density at radius 3 is 2.36 bits per heavy atom. The van der Waals surface area contributed by atoms with Crippen LogP contribution in [0.25, 0.3) is 10.9 Å². The van der Waals surface area contributed by atoms with Gasteiger partial charge in [0.1, 0.15) is 11.4 Å². The van der Waals surface area contributed by atoms with Gasteiger partial charge in [0.25, 0.3) is 11.8 Å². The van der Waals surface area contributed by atoms with Crippen LogP contribution in [0.3, 0.4) is 0 Å². The molecule has 36 heavy (non-hydrogen) atoms. The quantitative estimate of drug-likeness (QED) is 0.521. The minimum absolute atomic E-state index is 0.245. The monoisotopic (exact) mass is 557 g/mol. The van der Waals surface area contributed by atoms with Crippen molar-refractivity contribution in [1.82, 2.24) is 20.2 Å². The highest BCUT2D eigenvalue weighted by atomic mass is 79.9. The molecule has 1 aromatic carbocycles. The van der Waals surface area contributed by atoms with Crippen LogP contribution in [0, 0.1) is 0 Å². The number of carbonyl (C=O) groups excluding carboxylic acids is 3. The molecule has 10 heteroatoms. The molecule has 9 nitrogen and oxygen atoms in total. The van der Waals surface area contributed by atoms with Gasteiger partial charge in [0.15, 0.2) is 0 Å². The molecule has 0 saturated carbocycles. The Morgan fingerprint density at radius 1 is 1.11 bits per heavy atom. The summed E-state index contributed by atoms with van der Waals surface area (Å²) in [6.45, 7) is 10.7. The Kier molecular flexibility index (Phi) is 7.38. The van der Waals surface area contributed by atoms with Crippen molar-refractivity contribution in [2.75, 3.05) is 18.5 Å². The standard InChI is InChI=1S/C26H32BrN5O4/c1-15-16(2)24(34)32(23(15)33)30-22-12-17(20-7-6-18(27)13-21(20)29-22)14-28-19-8-10-31(11-9-19)25(35)36-26(3,4)5/h6-7,12-13,19,28H,8-11,14H2,1-5H3,(H,29,30). The number of amides is 3. The molecule has 2 aliphatic heterocycles. The molecule has 1 fully saturated rings. The number of imide groups is 1. The molecule has 192 valence electrons. The van der Waals surface area contributed by atoms with Gasteiger partial charge in [-0.3, -0.25) is 15.0 Å². The van der Waals surface area contributed by atoms with Crippen molar-refractivity contribution in [3.8, 4) is 0 Å². The number of carbonyl (C=O) groups is 3. The number of likely N-dealkylation sites (tertiary alicyclic amines) is 1. The van der Waals surface area contributed by atoms with Crippen molar-refractivity contribution in [3.63, 3.8) is 0 Å². The van der Waals surface area contributed by atoms with E-state index in [1.54, 1.807) is 18.7 Å². The van der Waals surface area contributed by atoms with E-state index in [1.165, 1.54) is 0 Å². The maximum Gasteiger partial charge on any atom is 0.410 e. The number of fused-ring (bicyclic) bond motifs is 1. The van der Waals surface area contributed by atoms with Crippen molar-refractivity contribution < 1.29 is 19.1 Å². The minimum atomic E-state index is -0.507. The Morgan fingerprint density at radius 2 is 1.75 bits per heavy atom. The third-order valence-electron chi connectivity index (χ3n) is 6.42. The van der Waals surface area contributed by atoms with E-state index in [0.717, 1.165) is 38.8 Å². The van der Waals surface area contributed by atoms with Gasteiger partial charge in [-0.2, -0.15) is 5.01 Å². The lowest BCUT2D eigenvalue weighted by atomic mass is 10.0. The second-order valence-corrected chi connectivity index (χ2v) is 11.2. The van der Waals surface area contributed by atoms with Gasteiger partial charge < -0.3 is 15.0 Å². The number of benzene rings is 1.